The maximum Gasteiger partial charge on any atom is 0.279 e. The summed E-state index contributed by atoms with van der Waals surface area (Å²) in [4.78, 5) is 41.2. The molecule has 0 radical (unpaired) electrons. The molecule has 4 rings (SSSR count). The van der Waals surface area contributed by atoms with Gasteiger partial charge in [-0.15, -0.1) is 11.3 Å². The van der Waals surface area contributed by atoms with Crippen molar-refractivity contribution in [2.24, 2.45) is 0 Å². The molecule has 0 saturated heterocycles. The van der Waals surface area contributed by atoms with E-state index in [9.17, 15) is 18.8 Å². The number of hydrogen-bond acceptors (Lipinski definition) is 4. The van der Waals surface area contributed by atoms with E-state index in [1.807, 2.05) is 24.3 Å². The molecule has 1 atom stereocenters. The summed E-state index contributed by atoms with van der Waals surface area (Å²) in [5.74, 6) is -1.73. The summed E-state index contributed by atoms with van der Waals surface area (Å²) in [5.41, 5.74) is 7.38. The van der Waals surface area contributed by atoms with Gasteiger partial charge in [-0.2, -0.15) is 0 Å². The van der Waals surface area contributed by atoms with E-state index in [4.69, 9.17) is 0 Å². The Morgan fingerprint density at radius 1 is 1.00 bits per heavy atom. The number of halogens is 1. The zero-order valence-corrected chi connectivity index (χ0v) is 18.5. The summed E-state index contributed by atoms with van der Waals surface area (Å²) in [7, 11) is 0. The summed E-state index contributed by atoms with van der Waals surface area (Å²) in [6.45, 7) is 1.33. The molecule has 7 nitrogen and oxygen atoms in total. The molecule has 0 bridgehead atoms. The number of aromatic amines is 1. The minimum atomic E-state index is -0.875. The van der Waals surface area contributed by atoms with Crippen LogP contribution in [0.15, 0.2) is 66.9 Å². The van der Waals surface area contributed by atoms with Gasteiger partial charge in [-0.05, 0) is 41.5 Å². The number of nitrogens with one attached hydrogen (secondary N) is 4. The molecular formula is C24H21FN4O3S. The number of amides is 3. The Balaban J connectivity index is 1.41. The topological polar surface area (TPSA) is 103 Å². The van der Waals surface area contributed by atoms with Crippen molar-refractivity contribution in [1.82, 2.24) is 21.2 Å². The van der Waals surface area contributed by atoms with E-state index >= 15 is 0 Å². The Morgan fingerprint density at radius 3 is 2.52 bits per heavy atom. The van der Waals surface area contributed by atoms with Gasteiger partial charge in [0, 0.05) is 35.3 Å². The van der Waals surface area contributed by atoms with Gasteiger partial charge in [0.1, 0.15) is 11.9 Å². The normalized spacial score (nSPS) is 11.7. The second kappa shape index (κ2) is 9.66. The second-order valence-corrected chi connectivity index (χ2v) is 8.51. The molecule has 9 heteroatoms. The number of hydrazine groups is 1. The quantitative estimate of drug-likeness (QED) is 0.328. The van der Waals surface area contributed by atoms with Crippen LogP contribution in [-0.2, 0) is 16.0 Å². The molecule has 168 valence electrons. The molecule has 2 aromatic carbocycles. The zero-order valence-electron chi connectivity index (χ0n) is 17.6. The van der Waals surface area contributed by atoms with Crippen LogP contribution in [0.1, 0.15) is 22.2 Å². The van der Waals surface area contributed by atoms with Gasteiger partial charge in [-0.25, -0.2) is 4.39 Å². The predicted molar refractivity (Wildman–Crippen MR) is 125 cm³/mol. The van der Waals surface area contributed by atoms with Gasteiger partial charge in [-0.3, -0.25) is 25.2 Å². The number of H-pyrrole nitrogens is 1. The van der Waals surface area contributed by atoms with Gasteiger partial charge in [-0.1, -0.05) is 30.3 Å². The lowest BCUT2D eigenvalue weighted by Crippen LogP contribution is -2.52. The number of hydrogen-bond donors (Lipinski definition) is 4. The highest BCUT2D eigenvalue weighted by atomic mass is 32.1. The van der Waals surface area contributed by atoms with Gasteiger partial charge in [0.2, 0.25) is 5.91 Å². The highest BCUT2D eigenvalue weighted by molar-refractivity contribution is 7.17. The number of carbonyl (C=O) groups is 3. The SMILES string of the molecule is CC(=O)N[C@@H](Cc1c[nH]c2ccccc12)C(=O)NNC(=O)c1ccc(-c2ccc(F)cc2)s1. The van der Waals surface area contributed by atoms with E-state index in [1.54, 1.807) is 30.5 Å². The fourth-order valence-corrected chi connectivity index (χ4v) is 4.38. The Morgan fingerprint density at radius 2 is 1.76 bits per heavy atom. The first kappa shape index (κ1) is 22.2. The minimum absolute atomic E-state index is 0.249. The molecule has 2 aromatic heterocycles. The second-order valence-electron chi connectivity index (χ2n) is 7.43. The van der Waals surface area contributed by atoms with Gasteiger partial charge in [0.05, 0.1) is 4.88 Å². The van der Waals surface area contributed by atoms with Crippen molar-refractivity contribution in [3.63, 3.8) is 0 Å². The van der Waals surface area contributed by atoms with E-state index in [2.05, 4.69) is 21.2 Å². The molecule has 0 aliphatic heterocycles. The summed E-state index contributed by atoms with van der Waals surface area (Å²) >= 11 is 1.22. The maximum absolute atomic E-state index is 13.1. The summed E-state index contributed by atoms with van der Waals surface area (Å²) in [5, 5.41) is 3.59. The first-order valence-corrected chi connectivity index (χ1v) is 11.0. The summed E-state index contributed by atoms with van der Waals surface area (Å²) in [6.07, 6.45) is 2.05. The molecule has 4 N–H and O–H groups in total. The van der Waals surface area contributed by atoms with Crippen LogP contribution in [0.25, 0.3) is 21.3 Å². The average molecular weight is 465 g/mol. The highest BCUT2D eigenvalue weighted by Gasteiger charge is 2.22. The van der Waals surface area contributed by atoms with Crippen LogP contribution in [0.2, 0.25) is 0 Å². The number of rotatable bonds is 6. The van der Waals surface area contributed by atoms with Crippen LogP contribution in [0.5, 0.6) is 0 Å². The maximum atomic E-state index is 13.1. The Labute approximate surface area is 193 Å². The van der Waals surface area contributed by atoms with E-state index in [0.29, 0.717) is 4.88 Å². The third-order valence-electron chi connectivity index (χ3n) is 5.05. The Hall–Kier alpha value is -3.98. The van der Waals surface area contributed by atoms with Gasteiger partial charge in [0.15, 0.2) is 0 Å². The molecule has 0 saturated carbocycles. The molecule has 0 spiro atoms. The van der Waals surface area contributed by atoms with Crippen molar-refractivity contribution in [3.05, 3.63) is 83.1 Å². The number of aromatic nitrogens is 1. The lowest BCUT2D eigenvalue weighted by molar-refractivity contribution is -0.128. The Bertz CT molecular complexity index is 1310. The highest BCUT2D eigenvalue weighted by Crippen LogP contribution is 2.28. The van der Waals surface area contributed by atoms with Crippen molar-refractivity contribution in [2.75, 3.05) is 0 Å². The molecule has 0 aliphatic carbocycles. The van der Waals surface area contributed by atoms with Crippen LogP contribution < -0.4 is 16.2 Å². The first-order chi connectivity index (χ1) is 15.9. The van der Waals surface area contributed by atoms with Gasteiger partial charge >= 0.3 is 0 Å². The fraction of sp³-hybridized carbons (Fsp3) is 0.125. The molecule has 0 fully saturated rings. The van der Waals surface area contributed by atoms with E-state index in [-0.39, 0.29) is 18.1 Å². The van der Waals surface area contributed by atoms with Crippen LogP contribution in [-0.4, -0.2) is 28.7 Å². The van der Waals surface area contributed by atoms with Crippen LogP contribution in [0, 0.1) is 5.82 Å². The lowest BCUT2D eigenvalue weighted by Gasteiger charge is -2.17. The van der Waals surface area contributed by atoms with Crippen molar-refractivity contribution in [1.29, 1.82) is 0 Å². The first-order valence-electron chi connectivity index (χ1n) is 10.2. The number of fused-ring (bicyclic) bond motifs is 1. The molecule has 33 heavy (non-hydrogen) atoms. The summed E-state index contributed by atoms with van der Waals surface area (Å²) < 4.78 is 13.1. The van der Waals surface area contributed by atoms with Crippen molar-refractivity contribution >= 4 is 40.0 Å². The lowest BCUT2D eigenvalue weighted by atomic mass is 10.0. The van der Waals surface area contributed by atoms with E-state index < -0.39 is 17.9 Å². The number of carbonyl (C=O) groups excluding carboxylic acids is 3. The van der Waals surface area contributed by atoms with Crippen molar-refractivity contribution in [3.8, 4) is 10.4 Å². The van der Waals surface area contributed by atoms with Crippen LogP contribution in [0.3, 0.4) is 0 Å². The molecule has 0 aliphatic rings. The standard InChI is InChI=1S/C24H21FN4O3S/c1-14(30)27-20(12-16-13-26-19-5-3-2-4-18(16)19)23(31)28-29-24(32)22-11-10-21(33-22)15-6-8-17(25)9-7-15/h2-11,13,20,26H,12H2,1H3,(H,27,30)(H,28,31)(H,29,32)/t20-/m0/s1. The Kier molecular flexibility index (Phi) is 6.50. The molecule has 3 amide bonds. The monoisotopic (exact) mass is 464 g/mol. The largest absolute Gasteiger partial charge is 0.361 e. The molecule has 4 aromatic rings. The molecule has 0 unspecified atom stereocenters. The molecular weight excluding hydrogens is 443 g/mol. The third kappa shape index (κ3) is 5.27. The number of para-hydroxylation sites is 1. The number of benzene rings is 2. The van der Waals surface area contributed by atoms with Gasteiger partial charge in [0.25, 0.3) is 11.8 Å². The number of thiophene rings is 1. The smallest absolute Gasteiger partial charge is 0.279 e. The van der Waals surface area contributed by atoms with Gasteiger partial charge < -0.3 is 10.3 Å². The van der Waals surface area contributed by atoms with Crippen LogP contribution in [0.4, 0.5) is 4.39 Å². The average Bonchev–Trinajstić information content (AvgIpc) is 3.45. The fourth-order valence-electron chi connectivity index (χ4n) is 3.47. The van der Waals surface area contributed by atoms with E-state index in [0.717, 1.165) is 26.9 Å². The van der Waals surface area contributed by atoms with E-state index in [1.165, 1.54) is 30.4 Å². The molecule has 2 heterocycles. The van der Waals surface area contributed by atoms with Crippen molar-refractivity contribution < 1.29 is 18.8 Å². The minimum Gasteiger partial charge on any atom is -0.361 e. The predicted octanol–water partition coefficient (Wildman–Crippen LogP) is 3.54. The van der Waals surface area contributed by atoms with Crippen LogP contribution >= 0.6 is 11.3 Å². The summed E-state index contributed by atoms with van der Waals surface area (Å²) in [6, 6.07) is 16.1. The van der Waals surface area contributed by atoms with Crippen molar-refractivity contribution in [2.45, 2.75) is 19.4 Å². The zero-order chi connectivity index (χ0) is 23.4. The third-order valence-corrected chi connectivity index (χ3v) is 6.18.